The topological polar surface area (TPSA) is 63.6 Å². The van der Waals surface area contributed by atoms with Gasteiger partial charge >= 0.3 is 11.9 Å². The average molecular weight is 174 g/mol. The zero-order valence-corrected chi connectivity index (χ0v) is 7.21. The molecule has 0 radical (unpaired) electrons. The summed E-state index contributed by atoms with van der Waals surface area (Å²) in [6, 6.07) is 0. The van der Waals surface area contributed by atoms with Gasteiger partial charge in [-0.3, -0.25) is 9.59 Å². The van der Waals surface area contributed by atoms with E-state index in [0.717, 1.165) is 6.42 Å². The van der Waals surface area contributed by atoms with Crippen LogP contribution in [0.15, 0.2) is 0 Å². The van der Waals surface area contributed by atoms with E-state index < -0.39 is 11.9 Å². The normalized spacial score (nSPS) is 9.50. The van der Waals surface area contributed by atoms with Gasteiger partial charge in [-0.25, -0.2) is 0 Å². The molecule has 0 spiro atoms. The van der Waals surface area contributed by atoms with Crippen LogP contribution in [0.4, 0.5) is 0 Å². The van der Waals surface area contributed by atoms with Gasteiger partial charge in [0.15, 0.2) is 0 Å². The van der Waals surface area contributed by atoms with Crippen LogP contribution in [0.3, 0.4) is 0 Å². The summed E-state index contributed by atoms with van der Waals surface area (Å²) in [7, 11) is 0. The number of unbranched alkanes of at least 4 members (excludes halogenated alkanes) is 2. The number of aliphatic hydroxyl groups is 1. The molecule has 4 heteroatoms. The Morgan fingerprint density at radius 2 is 1.92 bits per heavy atom. The number of aliphatic hydroxyl groups excluding tert-OH is 1. The van der Waals surface area contributed by atoms with Crippen LogP contribution in [0.25, 0.3) is 0 Å². The van der Waals surface area contributed by atoms with Crippen molar-refractivity contribution in [3.05, 3.63) is 0 Å². The van der Waals surface area contributed by atoms with Crippen LogP contribution in [0.5, 0.6) is 0 Å². The molecule has 0 rings (SSSR count). The largest absolute Gasteiger partial charge is 0.396 e. The second-order valence-electron chi connectivity index (χ2n) is 2.50. The quantitative estimate of drug-likeness (QED) is 0.377. The van der Waals surface area contributed by atoms with Crippen molar-refractivity contribution >= 4 is 11.9 Å². The lowest BCUT2D eigenvalue weighted by Crippen LogP contribution is -2.08. The summed E-state index contributed by atoms with van der Waals surface area (Å²) in [5.74, 6) is -1.05. The summed E-state index contributed by atoms with van der Waals surface area (Å²) >= 11 is 0. The number of carbonyl (C=O) groups is 2. The van der Waals surface area contributed by atoms with Gasteiger partial charge in [0.25, 0.3) is 0 Å². The van der Waals surface area contributed by atoms with Crippen molar-refractivity contribution in [3.8, 4) is 0 Å². The molecule has 1 N–H and O–H groups in total. The Hall–Kier alpha value is -0.900. The lowest BCUT2D eigenvalue weighted by molar-refractivity contribution is -0.158. The second kappa shape index (κ2) is 6.79. The van der Waals surface area contributed by atoms with Gasteiger partial charge in [0.05, 0.1) is 0 Å². The number of rotatable bonds is 5. The standard InChI is InChI=1S/C8H14O4/c1-7(10)12-8(11)5-3-2-4-6-9/h9H,2-6H2,1H3. The van der Waals surface area contributed by atoms with Crippen molar-refractivity contribution in [2.75, 3.05) is 6.61 Å². The van der Waals surface area contributed by atoms with Gasteiger partial charge in [0, 0.05) is 20.0 Å². The van der Waals surface area contributed by atoms with E-state index in [2.05, 4.69) is 4.74 Å². The molecule has 0 fully saturated rings. The Morgan fingerprint density at radius 3 is 2.42 bits per heavy atom. The third kappa shape index (κ3) is 7.21. The minimum absolute atomic E-state index is 0.141. The van der Waals surface area contributed by atoms with Crippen LogP contribution in [0, 0.1) is 0 Å². The van der Waals surface area contributed by atoms with Gasteiger partial charge in [-0.05, 0) is 12.8 Å². The number of hydrogen-bond acceptors (Lipinski definition) is 4. The maximum Gasteiger partial charge on any atom is 0.313 e. The Morgan fingerprint density at radius 1 is 1.25 bits per heavy atom. The predicted octanol–water partition coefficient (Wildman–Crippen LogP) is 0.629. The van der Waals surface area contributed by atoms with Crippen molar-refractivity contribution < 1.29 is 19.4 Å². The highest BCUT2D eigenvalue weighted by molar-refractivity contribution is 5.83. The number of esters is 2. The third-order valence-electron chi connectivity index (χ3n) is 1.30. The SMILES string of the molecule is CC(=O)OC(=O)CCCCCO. The highest BCUT2D eigenvalue weighted by atomic mass is 16.6. The lowest BCUT2D eigenvalue weighted by atomic mass is 10.2. The average Bonchev–Trinajstić information content (AvgIpc) is 1.97. The van der Waals surface area contributed by atoms with Crippen LogP contribution in [0.1, 0.15) is 32.6 Å². The molecule has 12 heavy (non-hydrogen) atoms. The van der Waals surface area contributed by atoms with Gasteiger partial charge in [0.1, 0.15) is 0 Å². The summed E-state index contributed by atoms with van der Waals surface area (Å²) in [6.45, 7) is 1.34. The molecule has 0 amide bonds. The van der Waals surface area contributed by atoms with Crippen molar-refractivity contribution in [2.45, 2.75) is 32.6 Å². The molecule has 0 atom stereocenters. The van der Waals surface area contributed by atoms with Gasteiger partial charge in [-0.15, -0.1) is 0 Å². The first kappa shape index (κ1) is 11.1. The van der Waals surface area contributed by atoms with E-state index in [1.807, 2.05) is 0 Å². The van der Waals surface area contributed by atoms with Crippen LogP contribution < -0.4 is 0 Å². The molecule has 0 aliphatic carbocycles. The Kier molecular flexibility index (Phi) is 6.28. The first-order valence-electron chi connectivity index (χ1n) is 3.99. The fourth-order valence-electron chi connectivity index (χ4n) is 0.769. The zero-order chi connectivity index (χ0) is 9.40. The van der Waals surface area contributed by atoms with E-state index in [9.17, 15) is 9.59 Å². The van der Waals surface area contributed by atoms with E-state index in [1.165, 1.54) is 6.92 Å². The molecule has 0 unspecified atom stereocenters. The number of hydrogen-bond donors (Lipinski definition) is 1. The third-order valence-corrected chi connectivity index (χ3v) is 1.30. The molecule has 0 saturated carbocycles. The molecule has 4 nitrogen and oxygen atoms in total. The highest BCUT2D eigenvalue weighted by Crippen LogP contribution is 2.00. The van der Waals surface area contributed by atoms with Crippen LogP contribution >= 0.6 is 0 Å². The van der Waals surface area contributed by atoms with Crippen molar-refractivity contribution in [2.24, 2.45) is 0 Å². The van der Waals surface area contributed by atoms with Crippen LogP contribution in [-0.4, -0.2) is 23.7 Å². The van der Waals surface area contributed by atoms with E-state index in [0.29, 0.717) is 12.8 Å². The predicted molar refractivity (Wildman–Crippen MR) is 42.3 cm³/mol. The number of carbonyl (C=O) groups excluding carboxylic acids is 2. The van der Waals surface area contributed by atoms with E-state index in [-0.39, 0.29) is 13.0 Å². The summed E-state index contributed by atoms with van der Waals surface area (Å²) in [5, 5.41) is 8.41. The molecule has 0 saturated heterocycles. The van der Waals surface area contributed by atoms with Crippen molar-refractivity contribution in [1.29, 1.82) is 0 Å². The summed E-state index contributed by atoms with van der Waals surface area (Å²) in [6.07, 6.45) is 2.38. The van der Waals surface area contributed by atoms with E-state index >= 15 is 0 Å². The first-order chi connectivity index (χ1) is 5.66. The van der Waals surface area contributed by atoms with Crippen LogP contribution in [0.2, 0.25) is 0 Å². The molecule has 0 aromatic carbocycles. The molecule has 0 aliphatic rings. The number of ether oxygens (including phenoxy) is 1. The molecule has 70 valence electrons. The molecular weight excluding hydrogens is 160 g/mol. The van der Waals surface area contributed by atoms with Gasteiger partial charge in [-0.1, -0.05) is 6.42 Å². The fraction of sp³-hybridized carbons (Fsp3) is 0.750. The first-order valence-corrected chi connectivity index (χ1v) is 3.99. The zero-order valence-electron chi connectivity index (χ0n) is 7.21. The van der Waals surface area contributed by atoms with Gasteiger partial charge in [-0.2, -0.15) is 0 Å². The molecule has 0 aromatic heterocycles. The Bertz CT molecular complexity index is 153. The highest BCUT2D eigenvalue weighted by Gasteiger charge is 2.04. The van der Waals surface area contributed by atoms with E-state index in [4.69, 9.17) is 5.11 Å². The Balaban J connectivity index is 3.26. The molecule has 0 heterocycles. The van der Waals surface area contributed by atoms with Gasteiger partial charge < -0.3 is 9.84 Å². The molecular formula is C8H14O4. The minimum atomic E-state index is -0.567. The molecule has 0 bridgehead atoms. The molecule has 0 aliphatic heterocycles. The maximum absolute atomic E-state index is 10.7. The maximum atomic E-state index is 10.7. The summed E-state index contributed by atoms with van der Waals surface area (Å²) < 4.78 is 4.29. The second-order valence-corrected chi connectivity index (χ2v) is 2.50. The smallest absolute Gasteiger partial charge is 0.313 e. The Labute approximate surface area is 71.5 Å². The van der Waals surface area contributed by atoms with E-state index in [1.54, 1.807) is 0 Å². The fourth-order valence-corrected chi connectivity index (χ4v) is 0.769. The van der Waals surface area contributed by atoms with Crippen molar-refractivity contribution in [1.82, 2.24) is 0 Å². The summed E-state index contributed by atoms with van der Waals surface area (Å²) in [4.78, 5) is 21.0. The van der Waals surface area contributed by atoms with Crippen LogP contribution in [-0.2, 0) is 14.3 Å². The molecule has 0 aromatic rings. The monoisotopic (exact) mass is 174 g/mol. The lowest BCUT2D eigenvalue weighted by Gasteiger charge is -1.98. The summed E-state index contributed by atoms with van der Waals surface area (Å²) in [5.41, 5.74) is 0. The van der Waals surface area contributed by atoms with Gasteiger partial charge in [0.2, 0.25) is 0 Å². The minimum Gasteiger partial charge on any atom is -0.396 e. The van der Waals surface area contributed by atoms with Crippen molar-refractivity contribution in [3.63, 3.8) is 0 Å².